The van der Waals surface area contributed by atoms with Crippen molar-refractivity contribution in [3.63, 3.8) is 0 Å². The third-order valence-corrected chi connectivity index (χ3v) is 6.26. The molecule has 1 aliphatic carbocycles. The number of likely N-dealkylation sites (tertiary alicyclic amines) is 1. The molecule has 2 heterocycles. The van der Waals surface area contributed by atoms with Gasteiger partial charge in [-0.05, 0) is 56.2 Å². The predicted octanol–water partition coefficient (Wildman–Crippen LogP) is 2.10. The summed E-state index contributed by atoms with van der Waals surface area (Å²) in [5.74, 6) is 0.988. The monoisotopic (exact) mass is 426 g/mol. The molecule has 1 aliphatic heterocycles. The van der Waals surface area contributed by atoms with Crippen molar-refractivity contribution >= 4 is 11.8 Å². The van der Waals surface area contributed by atoms with E-state index >= 15 is 0 Å². The van der Waals surface area contributed by atoms with Crippen molar-refractivity contribution < 1.29 is 19.2 Å². The minimum atomic E-state index is -0.300. The van der Waals surface area contributed by atoms with Gasteiger partial charge in [0.25, 0.3) is 5.91 Å². The van der Waals surface area contributed by atoms with E-state index in [1.165, 1.54) is 0 Å². The Hall–Kier alpha value is -2.87. The van der Waals surface area contributed by atoms with E-state index in [1.807, 2.05) is 24.0 Å². The minimum absolute atomic E-state index is 0.00806. The van der Waals surface area contributed by atoms with Crippen molar-refractivity contribution in [3.05, 3.63) is 46.8 Å². The number of amides is 2. The molecule has 2 aromatic rings. The molecule has 1 saturated carbocycles. The number of nitrogens with zero attached hydrogens (tertiary/aromatic N) is 2. The average Bonchev–Trinajstić information content (AvgIpc) is 3.50. The average molecular weight is 427 g/mol. The normalized spacial score (nSPS) is 18.1. The van der Waals surface area contributed by atoms with Gasteiger partial charge in [-0.15, -0.1) is 0 Å². The number of aryl methyl sites for hydroxylation is 1. The quantitative estimate of drug-likeness (QED) is 0.623. The number of phenols is 1. The summed E-state index contributed by atoms with van der Waals surface area (Å²) >= 11 is 0. The second-order valence-corrected chi connectivity index (χ2v) is 8.72. The fraction of sp³-hybridized carbons (Fsp3) is 0.522. The first-order valence-electron chi connectivity index (χ1n) is 11.0. The van der Waals surface area contributed by atoms with Crippen LogP contribution in [0.5, 0.6) is 5.75 Å². The Morgan fingerprint density at radius 2 is 2.00 bits per heavy atom. The molecule has 2 amide bonds. The number of carbonyl (C=O) groups is 2. The number of aromatic hydroxyl groups is 1. The highest BCUT2D eigenvalue weighted by atomic mass is 16.5. The van der Waals surface area contributed by atoms with Gasteiger partial charge in [0, 0.05) is 37.7 Å². The van der Waals surface area contributed by atoms with Gasteiger partial charge in [-0.3, -0.25) is 9.59 Å². The molecule has 0 bridgehead atoms. The van der Waals surface area contributed by atoms with Crippen molar-refractivity contribution in [1.29, 1.82) is 0 Å². The summed E-state index contributed by atoms with van der Waals surface area (Å²) in [6.45, 7) is 3.27. The van der Waals surface area contributed by atoms with Gasteiger partial charge in [-0.25, -0.2) is 0 Å². The fourth-order valence-corrected chi connectivity index (χ4v) is 4.12. The first-order valence-corrected chi connectivity index (χ1v) is 11.0. The van der Waals surface area contributed by atoms with E-state index in [-0.39, 0.29) is 36.1 Å². The highest BCUT2D eigenvalue weighted by Gasteiger charge is 2.31. The summed E-state index contributed by atoms with van der Waals surface area (Å²) < 4.78 is 5.26. The summed E-state index contributed by atoms with van der Waals surface area (Å²) in [6, 6.07) is 7.13. The van der Waals surface area contributed by atoms with E-state index in [0.717, 1.165) is 29.7 Å². The Kier molecular flexibility index (Phi) is 6.27. The summed E-state index contributed by atoms with van der Waals surface area (Å²) in [4.78, 5) is 27.3. The van der Waals surface area contributed by atoms with Crippen LogP contribution in [-0.4, -0.2) is 52.7 Å². The molecule has 8 nitrogen and oxygen atoms in total. The molecule has 1 atom stereocenters. The van der Waals surface area contributed by atoms with Gasteiger partial charge in [0.1, 0.15) is 11.5 Å². The molecule has 0 radical (unpaired) electrons. The van der Waals surface area contributed by atoms with E-state index in [9.17, 15) is 14.7 Å². The van der Waals surface area contributed by atoms with Gasteiger partial charge in [-0.1, -0.05) is 17.3 Å². The van der Waals surface area contributed by atoms with Gasteiger partial charge >= 0.3 is 0 Å². The predicted molar refractivity (Wildman–Crippen MR) is 115 cm³/mol. The van der Waals surface area contributed by atoms with Gasteiger partial charge in [0.15, 0.2) is 5.69 Å². The molecule has 2 fully saturated rings. The first-order chi connectivity index (χ1) is 14.9. The number of hydrogen-bond donors (Lipinski definition) is 3. The molecule has 1 aromatic carbocycles. The minimum Gasteiger partial charge on any atom is -0.508 e. The maximum Gasteiger partial charge on any atom is 0.273 e. The molecule has 166 valence electrons. The zero-order valence-corrected chi connectivity index (χ0v) is 17.8. The van der Waals surface area contributed by atoms with Crippen LogP contribution in [0.1, 0.15) is 59.0 Å². The van der Waals surface area contributed by atoms with Crippen LogP contribution in [0.2, 0.25) is 0 Å². The second-order valence-electron chi connectivity index (χ2n) is 8.72. The van der Waals surface area contributed by atoms with Crippen LogP contribution in [0, 0.1) is 12.8 Å². The van der Waals surface area contributed by atoms with Crippen molar-refractivity contribution in [2.45, 2.75) is 51.0 Å². The Morgan fingerprint density at radius 1 is 1.26 bits per heavy atom. The summed E-state index contributed by atoms with van der Waals surface area (Å²) in [5.41, 5.74) is 8.01. The lowest BCUT2D eigenvalue weighted by Gasteiger charge is -2.34. The van der Waals surface area contributed by atoms with E-state index in [4.69, 9.17) is 10.3 Å². The van der Waals surface area contributed by atoms with Crippen LogP contribution in [0.3, 0.4) is 0 Å². The smallest absolute Gasteiger partial charge is 0.273 e. The lowest BCUT2D eigenvalue weighted by atomic mass is 9.95. The van der Waals surface area contributed by atoms with Gasteiger partial charge in [-0.2, -0.15) is 0 Å². The van der Waals surface area contributed by atoms with Crippen molar-refractivity contribution in [1.82, 2.24) is 15.4 Å². The lowest BCUT2D eigenvalue weighted by Crippen LogP contribution is -2.49. The van der Waals surface area contributed by atoms with Crippen LogP contribution >= 0.6 is 0 Å². The Bertz CT molecular complexity index is 945. The third kappa shape index (κ3) is 5.07. The summed E-state index contributed by atoms with van der Waals surface area (Å²) in [6.07, 6.45) is 4.13. The number of piperidine rings is 1. The molecular formula is C23H30N4O4. The number of benzene rings is 1. The number of rotatable bonds is 7. The Labute approximate surface area is 181 Å². The number of nitrogens with two attached hydrogens (primary N) is 1. The first kappa shape index (κ1) is 21.4. The highest BCUT2D eigenvalue weighted by Crippen LogP contribution is 2.40. The molecule has 0 spiro atoms. The van der Waals surface area contributed by atoms with Crippen LogP contribution in [0.4, 0.5) is 0 Å². The van der Waals surface area contributed by atoms with Gasteiger partial charge in [0.2, 0.25) is 5.91 Å². The van der Waals surface area contributed by atoms with Gasteiger partial charge < -0.3 is 25.6 Å². The molecular weight excluding hydrogens is 396 g/mol. The summed E-state index contributed by atoms with van der Waals surface area (Å²) in [5, 5.41) is 16.6. The van der Waals surface area contributed by atoms with E-state index < -0.39 is 0 Å². The van der Waals surface area contributed by atoms with Crippen LogP contribution in [0.25, 0.3) is 0 Å². The molecule has 4 rings (SSSR count). The molecule has 1 unspecified atom stereocenters. The van der Waals surface area contributed by atoms with E-state index in [1.54, 1.807) is 12.1 Å². The fourth-order valence-electron chi connectivity index (χ4n) is 4.12. The van der Waals surface area contributed by atoms with Crippen molar-refractivity contribution in [2.75, 3.05) is 19.6 Å². The molecule has 2 aliphatic rings. The van der Waals surface area contributed by atoms with Crippen molar-refractivity contribution in [3.8, 4) is 5.75 Å². The topological polar surface area (TPSA) is 122 Å². The van der Waals surface area contributed by atoms with Gasteiger partial charge in [0.05, 0.1) is 5.92 Å². The second kappa shape index (κ2) is 9.09. The molecule has 4 N–H and O–H groups in total. The Morgan fingerprint density at radius 3 is 2.65 bits per heavy atom. The third-order valence-electron chi connectivity index (χ3n) is 6.26. The largest absolute Gasteiger partial charge is 0.508 e. The number of hydrogen-bond acceptors (Lipinski definition) is 6. The zero-order chi connectivity index (χ0) is 22.0. The standard InChI is InChI=1S/C23H30N4O4/c1-14-10-15(2-5-20(14)28)11-17(13-24)23(30)27-8-6-18(7-9-27)25-22(29)19-12-21(31-26-19)16-3-4-16/h2,5,10,12,16-18,28H,3-4,6-9,11,13,24H2,1H3,(H,25,29). The number of phenolic OH excluding ortho intramolecular Hbond substituents is 1. The Balaban J connectivity index is 1.27. The zero-order valence-electron chi connectivity index (χ0n) is 17.8. The molecule has 8 heteroatoms. The number of nitrogens with one attached hydrogen (secondary N) is 1. The summed E-state index contributed by atoms with van der Waals surface area (Å²) in [7, 11) is 0. The van der Waals surface area contributed by atoms with Crippen LogP contribution in [0.15, 0.2) is 28.8 Å². The number of carbonyl (C=O) groups excluding carboxylic acids is 2. The maximum atomic E-state index is 13.0. The SMILES string of the molecule is Cc1cc(CC(CN)C(=O)N2CCC(NC(=O)c3cc(C4CC4)on3)CC2)ccc1O. The number of aromatic nitrogens is 1. The lowest BCUT2D eigenvalue weighted by molar-refractivity contribution is -0.136. The maximum absolute atomic E-state index is 13.0. The molecule has 1 saturated heterocycles. The molecule has 1 aromatic heterocycles. The van der Waals surface area contributed by atoms with Crippen molar-refractivity contribution in [2.24, 2.45) is 11.7 Å². The van der Waals surface area contributed by atoms with Crippen LogP contribution in [-0.2, 0) is 11.2 Å². The molecule has 31 heavy (non-hydrogen) atoms. The van der Waals surface area contributed by atoms with Crippen LogP contribution < -0.4 is 11.1 Å². The van der Waals surface area contributed by atoms with E-state index in [0.29, 0.717) is 44.0 Å². The van der Waals surface area contributed by atoms with E-state index in [2.05, 4.69) is 10.5 Å². The highest BCUT2D eigenvalue weighted by molar-refractivity contribution is 5.92.